The number of piperidine rings is 1. The molecule has 1 heterocycles. The van der Waals surface area contributed by atoms with Crippen LogP contribution in [0.3, 0.4) is 0 Å². The summed E-state index contributed by atoms with van der Waals surface area (Å²) in [6.07, 6.45) is 0.550. The van der Waals surface area contributed by atoms with E-state index < -0.39 is 41.1 Å². The highest BCUT2D eigenvalue weighted by Gasteiger charge is 2.29. The summed E-state index contributed by atoms with van der Waals surface area (Å²) in [6, 6.07) is 1.68. The Morgan fingerprint density at radius 2 is 2.00 bits per heavy atom. The molecule has 1 aromatic rings. The number of anilines is 1. The Hall–Kier alpha value is -2.25. The summed E-state index contributed by atoms with van der Waals surface area (Å²) in [6.45, 7) is 0.597. The highest BCUT2D eigenvalue weighted by molar-refractivity contribution is 5.93. The summed E-state index contributed by atoms with van der Waals surface area (Å²) in [7, 11) is 1.24. The fourth-order valence-corrected chi connectivity index (χ4v) is 2.34. The van der Waals surface area contributed by atoms with Gasteiger partial charge in [-0.05, 0) is 25.0 Å². The molecule has 0 aromatic heterocycles. The van der Waals surface area contributed by atoms with Gasteiger partial charge < -0.3 is 15.0 Å². The van der Waals surface area contributed by atoms with Gasteiger partial charge in [0.1, 0.15) is 0 Å². The van der Waals surface area contributed by atoms with Crippen molar-refractivity contribution in [1.29, 1.82) is 0 Å². The fourth-order valence-electron chi connectivity index (χ4n) is 2.34. The minimum absolute atomic E-state index is 0.129. The normalized spacial score (nSPS) is 18.0. The molecule has 120 valence electrons. The molecule has 1 fully saturated rings. The lowest BCUT2D eigenvalue weighted by molar-refractivity contribution is -0.121. The van der Waals surface area contributed by atoms with Crippen molar-refractivity contribution in [3.05, 3.63) is 29.6 Å². The zero-order chi connectivity index (χ0) is 16.3. The van der Waals surface area contributed by atoms with Gasteiger partial charge in [0.15, 0.2) is 17.5 Å². The number of hydrogen-bond donors (Lipinski definition) is 1. The number of halogens is 3. The van der Waals surface area contributed by atoms with E-state index in [1.807, 2.05) is 0 Å². The molecular weight excluding hydrogens is 301 g/mol. The lowest BCUT2D eigenvalue weighted by Gasteiger charge is -2.30. The van der Waals surface area contributed by atoms with Crippen LogP contribution >= 0.6 is 0 Å². The Morgan fingerprint density at radius 1 is 1.27 bits per heavy atom. The molecule has 0 spiro atoms. The molecule has 0 bridgehead atoms. The number of ether oxygens (including phenoxy) is 1. The van der Waals surface area contributed by atoms with Crippen molar-refractivity contribution >= 4 is 17.7 Å². The molecule has 1 aliphatic heterocycles. The van der Waals surface area contributed by atoms with Crippen molar-refractivity contribution in [2.45, 2.75) is 12.8 Å². The number of amides is 2. The first-order chi connectivity index (χ1) is 10.4. The van der Waals surface area contributed by atoms with Gasteiger partial charge in [-0.3, -0.25) is 4.79 Å². The molecule has 0 aliphatic carbocycles. The Labute approximate surface area is 125 Å². The van der Waals surface area contributed by atoms with Crippen LogP contribution < -0.4 is 5.32 Å². The summed E-state index contributed by atoms with van der Waals surface area (Å²) in [5.41, 5.74) is -0.431. The van der Waals surface area contributed by atoms with Gasteiger partial charge in [-0.1, -0.05) is 0 Å². The number of nitrogens with one attached hydrogen (secondary N) is 1. The van der Waals surface area contributed by atoms with Gasteiger partial charge in [-0.15, -0.1) is 0 Å². The number of nitrogens with zero attached hydrogens (tertiary/aromatic N) is 1. The van der Waals surface area contributed by atoms with Crippen LogP contribution in [-0.2, 0) is 9.53 Å². The number of rotatable bonds is 2. The quantitative estimate of drug-likeness (QED) is 0.853. The second-order valence-electron chi connectivity index (χ2n) is 4.97. The van der Waals surface area contributed by atoms with Gasteiger partial charge >= 0.3 is 6.09 Å². The van der Waals surface area contributed by atoms with E-state index in [0.29, 0.717) is 19.4 Å². The van der Waals surface area contributed by atoms with Crippen LogP contribution in [0.5, 0.6) is 0 Å². The van der Waals surface area contributed by atoms with Crippen LogP contribution in [0.2, 0.25) is 0 Å². The largest absolute Gasteiger partial charge is 0.453 e. The van der Waals surface area contributed by atoms with Crippen LogP contribution in [0.4, 0.5) is 23.7 Å². The second-order valence-corrected chi connectivity index (χ2v) is 4.97. The molecule has 1 aliphatic rings. The van der Waals surface area contributed by atoms with Crippen LogP contribution in [0, 0.1) is 23.4 Å². The van der Waals surface area contributed by atoms with E-state index in [1.165, 1.54) is 12.0 Å². The van der Waals surface area contributed by atoms with E-state index in [4.69, 9.17) is 0 Å². The van der Waals surface area contributed by atoms with Gasteiger partial charge in [0.05, 0.1) is 18.7 Å². The Kier molecular flexibility index (Phi) is 4.89. The highest BCUT2D eigenvalue weighted by atomic mass is 19.2. The monoisotopic (exact) mass is 316 g/mol. The van der Waals surface area contributed by atoms with Crippen molar-refractivity contribution < 1.29 is 27.5 Å². The number of hydrogen-bond acceptors (Lipinski definition) is 3. The predicted molar refractivity (Wildman–Crippen MR) is 71.6 cm³/mol. The SMILES string of the molecule is COC(=O)N1CCCC(C(=O)Nc2ccc(F)c(F)c2F)C1. The average molecular weight is 316 g/mol. The molecule has 22 heavy (non-hydrogen) atoms. The highest BCUT2D eigenvalue weighted by Crippen LogP contribution is 2.23. The van der Waals surface area contributed by atoms with Crippen LogP contribution in [0.1, 0.15) is 12.8 Å². The zero-order valence-corrected chi connectivity index (χ0v) is 11.9. The molecule has 2 amide bonds. The average Bonchev–Trinajstić information content (AvgIpc) is 2.54. The topological polar surface area (TPSA) is 58.6 Å². The number of methoxy groups -OCH3 is 1. The smallest absolute Gasteiger partial charge is 0.409 e. The van der Waals surface area contributed by atoms with E-state index in [2.05, 4.69) is 10.1 Å². The lowest BCUT2D eigenvalue weighted by atomic mass is 9.97. The zero-order valence-electron chi connectivity index (χ0n) is 11.9. The Morgan fingerprint density at radius 3 is 2.68 bits per heavy atom. The van der Waals surface area contributed by atoms with Gasteiger partial charge in [0, 0.05) is 13.1 Å². The molecular formula is C14H15F3N2O3. The first kappa shape index (κ1) is 16.1. The maximum atomic E-state index is 13.5. The number of likely N-dealkylation sites (tertiary alicyclic amines) is 1. The molecule has 5 nitrogen and oxygen atoms in total. The standard InChI is InChI=1S/C14H15F3N2O3/c1-22-14(21)19-6-2-3-8(7-19)13(20)18-10-5-4-9(15)11(16)12(10)17/h4-5,8H,2-3,6-7H2,1H3,(H,18,20). The van der Waals surface area contributed by atoms with Gasteiger partial charge in [0.25, 0.3) is 0 Å². The summed E-state index contributed by atoms with van der Waals surface area (Å²) in [4.78, 5) is 24.9. The molecule has 0 saturated carbocycles. The maximum Gasteiger partial charge on any atom is 0.409 e. The van der Waals surface area contributed by atoms with E-state index >= 15 is 0 Å². The second kappa shape index (κ2) is 6.67. The van der Waals surface area contributed by atoms with Crippen LogP contribution in [0.25, 0.3) is 0 Å². The summed E-state index contributed by atoms with van der Waals surface area (Å²) >= 11 is 0. The molecule has 8 heteroatoms. The molecule has 2 rings (SSSR count). The summed E-state index contributed by atoms with van der Waals surface area (Å²) in [5, 5.41) is 2.23. The number of carbonyl (C=O) groups is 2. The minimum atomic E-state index is -1.64. The molecule has 1 atom stereocenters. The van der Waals surface area contributed by atoms with Crippen molar-refractivity contribution in [2.75, 3.05) is 25.5 Å². The fraction of sp³-hybridized carbons (Fsp3) is 0.429. The minimum Gasteiger partial charge on any atom is -0.453 e. The Bertz CT molecular complexity index is 595. The third-order valence-corrected chi connectivity index (χ3v) is 3.52. The van der Waals surface area contributed by atoms with E-state index in [0.717, 1.165) is 12.1 Å². The summed E-state index contributed by atoms with van der Waals surface area (Å²) < 4.78 is 44.1. The third-order valence-electron chi connectivity index (χ3n) is 3.52. The molecule has 1 saturated heterocycles. The van der Waals surface area contributed by atoms with E-state index in [9.17, 15) is 22.8 Å². The lowest BCUT2D eigenvalue weighted by Crippen LogP contribution is -2.43. The number of carbonyl (C=O) groups excluding carboxylic acids is 2. The third kappa shape index (κ3) is 3.32. The first-order valence-electron chi connectivity index (χ1n) is 6.71. The van der Waals surface area contributed by atoms with Gasteiger partial charge in [-0.25, -0.2) is 18.0 Å². The van der Waals surface area contributed by atoms with E-state index in [1.54, 1.807) is 0 Å². The number of benzene rings is 1. The molecule has 0 radical (unpaired) electrons. The molecule has 1 unspecified atom stereocenters. The molecule has 1 aromatic carbocycles. The first-order valence-corrected chi connectivity index (χ1v) is 6.71. The molecule has 1 N–H and O–H groups in total. The maximum absolute atomic E-state index is 13.5. The van der Waals surface area contributed by atoms with Gasteiger partial charge in [0.2, 0.25) is 5.91 Å². The van der Waals surface area contributed by atoms with E-state index in [-0.39, 0.29) is 6.54 Å². The van der Waals surface area contributed by atoms with Gasteiger partial charge in [-0.2, -0.15) is 0 Å². The van der Waals surface area contributed by atoms with Crippen molar-refractivity contribution in [3.63, 3.8) is 0 Å². The van der Waals surface area contributed by atoms with Crippen LogP contribution in [-0.4, -0.2) is 37.1 Å². The van der Waals surface area contributed by atoms with Crippen molar-refractivity contribution in [3.8, 4) is 0 Å². The van der Waals surface area contributed by atoms with Crippen LogP contribution in [0.15, 0.2) is 12.1 Å². The van der Waals surface area contributed by atoms with Crippen molar-refractivity contribution in [1.82, 2.24) is 4.90 Å². The van der Waals surface area contributed by atoms with Crippen molar-refractivity contribution in [2.24, 2.45) is 5.92 Å². The summed E-state index contributed by atoms with van der Waals surface area (Å²) in [5.74, 6) is -5.55. The Balaban J connectivity index is 2.06. The predicted octanol–water partition coefficient (Wildman–Crippen LogP) is 2.52.